The molecule has 21 heavy (non-hydrogen) atoms. The lowest BCUT2D eigenvalue weighted by atomic mass is 9.99. The van der Waals surface area contributed by atoms with E-state index in [2.05, 4.69) is 15.3 Å². The van der Waals surface area contributed by atoms with Crippen LogP contribution in [0.4, 0.5) is 16.3 Å². The summed E-state index contributed by atoms with van der Waals surface area (Å²) in [4.78, 5) is 19.8. The highest BCUT2D eigenvalue weighted by Gasteiger charge is 2.51. The van der Waals surface area contributed by atoms with E-state index in [4.69, 9.17) is 5.73 Å². The van der Waals surface area contributed by atoms with Gasteiger partial charge in [-0.3, -0.25) is 4.48 Å². The Morgan fingerprint density at radius 3 is 2.86 bits per heavy atom. The third-order valence-electron chi connectivity index (χ3n) is 4.44. The van der Waals surface area contributed by atoms with E-state index in [9.17, 15) is 9.90 Å². The van der Waals surface area contributed by atoms with Crippen molar-refractivity contribution in [2.75, 3.05) is 24.1 Å². The smallest absolute Gasteiger partial charge is 0.258 e. The molecule has 2 atom stereocenters. The largest absolute Gasteiger partial charge is 0.498 e. The maximum absolute atomic E-state index is 11.8. The summed E-state index contributed by atoms with van der Waals surface area (Å²) < 4.78 is -0.0367. The second-order valence-electron chi connectivity index (χ2n) is 6.53. The maximum Gasteiger partial charge on any atom is 0.258 e. The van der Waals surface area contributed by atoms with Crippen LogP contribution in [-0.2, 0) is 0 Å². The first-order valence-corrected chi connectivity index (χ1v) is 7.18. The van der Waals surface area contributed by atoms with Crippen LogP contribution in [0.15, 0.2) is 12.5 Å². The molecule has 1 unspecified atom stereocenters. The van der Waals surface area contributed by atoms with Crippen LogP contribution in [0.25, 0.3) is 0 Å². The van der Waals surface area contributed by atoms with Gasteiger partial charge in [0, 0.05) is 12.8 Å². The summed E-state index contributed by atoms with van der Waals surface area (Å²) in [6, 6.07) is -0.0654. The number of carbonyl (C=O) groups is 1. The van der Waals surface area contributed by atoms with E-state index in [1.165, 1.54) is 12.5 Å². The summed E-state index contributed by atoms with van der Waals surface area (Å²) in [5.74, 6) is 0.544. The number of carbonyl (C=O) groups excluding carboxylic acids is 1. The Bertz CT molecular complexity index is 528. The van der Waals surface area contributed by atoms with E-state index >= 15 is 0 Å². The minimum Gasteiger partial charge on any atom is -0.498 e. The quantitative estimate of drug-likeness (QED) is 0.791. The molecule has 0 bridgehead atoms. The Hall–Kier alpha value is -1.89. The molecule has 0 aliphatic carbocycles. The fraction of sp³-hybridized carbons (Fsp3) is 0.643. The monoisotopic (exact) mass is 293 g/mol. The number of likely N-dealkylation sites (tertiary alicyclic amines) is 1. The van der Waals surface area contributed by atoms with E-state index < -0.39 is 11.6 Å². The molecule has 0 saturated carbocycles. The maximum atomic E-state index is 11.8. The number of amides is 1. The number of rotatable bonds is 3. The van der Waals surface area contributed by atoms with E-state index in [1.807, 2.05) is 20.8 Å². The summed E-state index contributed by atoms with van der Waals surface area (Å²) in [6.45, 7) is 6.92. The van der Waals surface area contributed by atoms with Crippen LogP contribution in [0.5, 0.6) is 0 Å². The molecule has 2 heterocycles. The molecule has 116 valence electrons. The zero-order chi connectivity index (χ0) is 15.7. The molecule has 7 heteroatoms. The van der Waals surface area contributed by atoms with Crippen molar-refractivity contribution in [3.8, 4) is 0 Å². The number of carboxylic acid groups (broad SMARTS) is 1. The number of nitrogens with two attached hydrogens (primary N) is 1. The minimum atomic E-state index is -1.01. The molecule has 1 amide bonds. The summed E-state index contributed by atoms with van der Waals surface area (Å²) in [5.41, 5.74) is 5.84. The van der Waals surface area contributed by atoms with Crippen molar-refractivity contribution < 1.29 is 14.4 Å². The van der Waals surface area contributed by atoms with Crippen molar-refractivity contribution in [3.63, 3.8) is 0 Å². The lowest BCUT2D eigenvalue weighted by Gasteiger charge is -2.49. The fourth-order valence-corrected chi connectivity index (χ4v) is 3.34. The highest BCUT2D eigenvalue weighted by atomic mass is 16.4. The molecule has 3 N–H and O–H groups in total. The van der Waals surface area contributed by atoms with Crippen molar-refractivity contribution in [1.29, 1.82) is 0 Å². The number of hydrogen-bond donors (Lipinski definition) is 2. The lowest BCUT2D eigenvalue weighted by molar-refractivity contribution is -0.928. The van der Waals surface area contributed by atoms with Crippen LogP contribution >= 0.6 is 0 Å². The van der Waals surface area contributed by atoms with E-state index in [0.29, 0.717) is 24.6 Å². The predicted octanol–water partition coefficient (Wildman–Crippen LogP) is 0.592. The molecule has 1 aromatic rings. The number of aromatic nitrogens is 2. The minimum absolute atomic E-state index is 0.0367. The predicted molar refractivity (Wildman–Crippen MR) is 78.2 cm³/mol. The van der Waals surface area contributed by atoms with Gasteiger partial charge in [-0.25, -0.2) is 9.97 Å². The first-order chi connectivity index (χ1) is 9.79. The van der Waals surface area contributed by atoms with E-state index in [-0.39, 0.29) is 10.5 Å². The van der Waals surface area contributed by atoms with Crippen LogP contribution in [0.2, 0.25) is 0 Å². The number of quaternary nitrogens is 1. The topological polar surface area (TPSA) is 104 Å². The number of anilines is 2. The van der Waals surface area contributed by atoms with Crippen molar-refractivity contribution >= 4 is 17.6 Å². The highest BCUT2D eigenvalue weighted by Crippen LogP contribution is 2.36. The molecule has 0 radical (unpaired) electrons. The van der Waals surface area contributed by atoms with Crippen molar-refractivity contribution in [3.05, 3.63) is 12.5 Å². The summed E-state index contributed by atoms with van der Waals surface area (Å²) >= 11 is 0. The van der Waals surface area contributed by atoms with Gasteiger partial charge in [0.25, 0.3) is 6.09 Å². The lowest BCUT2D eigenvalue weighted by Crippen LogP contribution is -2.70. The molecule has 0 spiro atoms. The van der Waals surface area contributed by atoms with E-state index in [1.54, 1.807) is 0 Å². The SMILES string of the molecule is CC(C)(C)[N+]1(C(=O)[O-])CCC[C@H]1CNc1ncncc1N. The van der Waals surface area contributed by atoms with Gasteiger partial charge < -0.3 is 21.0 Å². The molecule has 1 aliphatic rings. The van der Waals surface area contributed by atoms with Crippen LogP contribution < -0.4 is 16.2 Å². The molecule has 1 saturated heterocycles. The van der Waals surface area contributed by atoms with Gasteiger partial charge in [0.2, 0.25) is 0 Å². The van der Waals surface area contributed by atoms with Crippen molar-refractivity contribution in [2.45, 2.75) is 45.2 Å². The third-order valence-corrected chi connectivity index (χ3v) is 4.44. The van der Waals surface area contributed by atoms with Gasteiger partial charge in [-0.05, 0) is 20.8 Å². The second-order valence-corrected chi connectivity index (χ2v) is 6.53. The standard InChI is InChI=1S/C14H23N5O2/c1-14(2,3)19(13(20)21)6-4-5-10(19)7-17-12-11(15)8-16-9-18-12/h8-10H,4-7,15H2,1-3H3,(H-,16,17,18,20,21)/t10-,19?/m0/s1. The Kier molecular flexibility index (Phi) is 4.04. The Labute approximate surface area is 124 Å². The molecule has 1 aromatic heterocycles. The van der Waals surface area contributed by atoms with Crippen LogP contribution in [0.1, 0.15) is 33.6 Å². The normalized spacial score (nSPS) is 25.8. The van der Waals surface area contributed by atoms with Crippen LogP contribution in [0.3, 0.4) is 0 Å². The van der Waals surface area contributed by atoms with Gasteiger partial charge in [-0.15, -0.1) is 0 Å². The Balaban J connectivity index is 2.19. The Morgan fingerprint density at radius 1 is 1.57 bits per heavy atom. The number of nitrogens with one attached hydrogen (secondary N) is 1. The fourth-order valence-electron chi connectivity index (χ4n) is 3.34. The first kappa shape index (κ1) is 15.5. The zero-order valence-corrected chi connectivity index (χ0v) is 12.8. The van der Waals surface area contributed by atoms with E-state index in [0.717, 1.165) is 12.8 Å². The number of nitrogens with zero attached hydrogens (tertiary/aromatic N) is 3. The van der Waals surface area contributed by atoms with Gasteiger partial charge in [0.05, 0.1) is 30.5 Å². The van der Waals surface area contributed by atoms with Gasteiger partial charge in [0.15, 0.2) is 5.82 Å². The third kappa shape index (κ3) is 2.65. The second kappa shape index (κ2) is 5.48. The molecule has 0 aromatic carbocycles. The molecule has 2 rings (SSSR count). The van der Waals surface area contributed by atoms with Crippen LogP contribution in [0, 0.1) is 0 Å². The summed E-state index contributed by atoms with van der Waals surface area (Å²) in [7, 11) is 0. The number of nitrogen functional groups attached to an aromatic ring is 1. The molecular weight excluding hydrogens is 270 g/mol. The average molecular weight is 293 g/mol. The van der Waals surface area contributed by atoms with Gasteiger partial charge >= 0.3 is 0 Å². The van der Waals surface area contributed by atoms with Gasteiger partial charge in [-0.2, -0.15) is 0 Å². The first-order valence-electron chi connectivity index (χ1n) is 7.18. The highest BCUT2D eigenvalue weighted by molar-refractivity contribution is 5.59. The molecular formula is C14H23N5O2. The van der Waals surface area contributed by atoms with Crippen molar-refractivity contribution in [1.82, 2.24) is 9.97 Å². The molecule has 1 fully saturated rings. The summed E-state index contributed by atoms with van der Waals surface area (Å²) in [6.07, 6.45) is 3.63. The van der Waals surface area contributed by atoms with Crippen LogP contribution in [-0.4, -0.2) is 45.2 Å². The summed E-state index contributed by atoms with van der Waals surface area (Å²) in [5, 5.41) is 15.0. The van der Waals surface area contributed by atoms with Gasteiger partial charge in [-0.1, -0.05) is 0 Å². The number of hydrogen-bond acceptors (Lipinski definition) is 6. The molecule has 7 nitrogen and oxygen atoms in total. The van der Waals surface area contributed by atoms with Crippen molar-refractivity contribution in [2.24, 2.45) is 0 Å². The zero-order valence-electron chi connectivity index (χ0n) is 12.8. The molecule has 1 aliphatic heterocycles. The average Bonchev–Trinajstić information content (AvgIpc) is 2.82. The van der Waals surface area contributed by atoms with Gasteiger partial charge in [0.1, 0.15) is 12.4 Å². The Morgan fingerprint density at radius 2 is 2.29 bits per heavy atom.